The van der Waals surface area contributed by atoms with Gasteiger partial charge in [-0.2, -0.15) is 0 Å². The van der Waals surface area contributed by atoms with E-state index >= 15 is 0 Å². The summed E-state index contributed by atoms with van der Waals surface area (Å²) in [6, 6.07) is 13.5. The summed E-state index contributed by atoms with van der Waals surface area (Å²) >= 11 is 8.52. The van der Waals surface area contributed by atoms with Gasteiger partial charge in [0.15, 0.2) is 0 Å². The monoisotopic (exact) mass is 400 g/mol. The van der Waals surface area contributed by atoms with Gasteiger partial charge < -0.3 is 4.74 Å². The average Bonchev–Trinajstić information content (AvgIpc) is 2.42. The standard InChI is InChI=1S/C14H10Br2O2S/c1-18-14(17)9-2-7-13(12(16)8-9)19-11-5-3-10(15)4-6-11/h2-8H,1H3. The maximum atomic E-state index is 11.4. The van der Waals surface area contributed by atoms with E-state index in [4.69, 9.17) is 4.74 Å². The molecule has 2 nitrogen and oxygen atoms in total. The van der Waals surface area contributed by atoms with Crippen molar-refractivity contribution < 1.29 is 9.53 Å². The van der Waals surface area contributed by atoms with Crippen molar-refractivity contribution in [3.8, 4) is 0 Å². The first-order valence-corrected chi connectivity index (χ1v) is 7.81. The van der Waals surface area contributed by atoms with E-state index in [9.17, 15) is 4.79 Å². The van der Waals surface area contributed by atoms with E-state index < -0.39 is 0 Å². The van der Waals surface area contributed by atoms with Gasteiger partial charge in [0.2, 0.25) is 0 Å². The largest absolute Gasteiger partial charge is 0.465 e. The third kappa shape index (κ3) is 3.84. The lowest BCUT2D eigenvalue weighted by Crippen LogP contribution is -2.00. The minimum atomic E-state index is -0.333. The van der Waals surface area contributed by atoms with Crippen LogP contribution >= 0.6 is 43.6 Å². The Bertz CT molecular complexity index is 597. The molecule has 0 saturated heterocycles. The zero-order valence-electron chi connectivity index (χ0n) is 10.0. The first-order valence-electron chi connectivity index (χ1n) is 5.41. The van der Waals surface area contributed by atoms with Crippen molar-refractivity contribution in [2.75, 3.05) is 7.11 Å². The molecule has 98 valence electrons. The van der Waals surface area contributed by atoms with Gasteiger partial charge in [-0.05, 0) is 58.4 Å². The van der Waals surface area contributed by atoms with Gasteiger partial charge in [0.05, 0.1) is 12.7 Å². The van der Waals surface area contributed by atoms with E-state index in [-0.39, 0.29) is 5.97 Å². The quantitative estimate of drug-likeness (QED) is 0.665. The minimum absolute atomic E-state index is 0.333. The molecule has 5 heteroatoms. The van der Waals surface area contributed by atoms with Crippen LogP contribution in [0, 0.1) is 0 Å². The number of methoxy groups -OCH3 is 1. The number of hydrogen-bond acceptors (Lipinski definition) is 3. The van der Waals surface area contributed by atoms with Gasteiger partial charge in [0.25, 0.3) is 0 Å². The summed E-state index contributed by atoms with van der Waals surface area (Å²) in [5.74, 6) is -0.333. The fraction of sp³-hybridized carbons (Fsp3) is 0.0714. The van der Waals surface area contributed by atoms with Crippen molar-refractivity contribution >= 4 is 49.6 Å². The maximum absolute atomic E-state index is 11.4. The molecule has 0 atom stereocenters. The van der Waals surface area contributed by atoms with Gasteiger partial charge >= 0.3 is 5.97 Å². The molecule has 0 aromatic heterocycles. The first kappa shape index (κ1) is 14.6. The maximum Gasteiger partial charge on any atom is 0.337 e. The number of halogens is 2. The second-order valence-electron chi connectivity index (χ2n) is 3.69. The third-order valence-corrected chi connectivity index (χ3v) is 4.93. The van der Waals surface area contributed by atoms with Gasteiger partial charge in [-0.3, -0.25) is 0 Å². The third-order valence-electron chi connectivity index (χ3n) is 2.39. The van der Waals surface area contributed by atoms with Crippen molar-refractivity contribution in [1.82, 2.24) is 0 Å². The number of ether oxygens (including phenoxy) is 1. The smallest absolute Gasteiger partial charge is 0.337 e. The van der Waals surface area contributed by atoms with Crippen LogP contribution in [0.3, 0.4) is 0 Å². The van der Waals surface area contributed by atoms with Crippen LogP contribution in [-0.4, -0.2) is 13.1 Å². The summed E-state index contributed by atoms with van der Waals surface area (Å²) in [6.07, 6.45) is 0. The van der Waals surface area contributed by atoms with Crippen LogP contribution in [0.4, 0.5) is 0 Å². The Hall–Kier alpha value is -0.780. The predicted octanol–water partition coefficient (Wildman–Crippen LogP) is 5.15. The normalized spacial score (nSPS) is 10.3. The number of esters is 1. The lowest BCUT2D eigenvalue weighted by atomic mass is 10.2. The van der Waals surface area contributed by atoms with Crippen LogP contribution in [0.2, 0.25) is 0 Å². The summed E-state index contributed by atoms with van der Waals surface area (Å²) in [6.45, 7) is 0. The van der Waals surface area contributed by atoms with Crippen molar-refractivity contribution in [2.45, 2.75) is 9.79 Å². The van der Waals surface area contributed by atoms with Crippen molar-refractivity contribution in [3.05, 3.63) is 57.0 Å². The zero-order chi connectivity index (χ0) is 13.8. The highest BCUT2D eigenvalue weighted by molar-refractivity contribution is 9.10. The SMILES string of the molecule is COC(=O)c1ccc(Sc2ccc(Br)cc2)c(Br)c1. The number of benzene rings is 2. The molecule has 0 aliphatic heterocycles. The second kappa shape index (κ2) is 6.59. The summed E-state index contributed by atoms with van der Waals surface area (Å²) in [5, 5.41) is 0. The molecule has 2 aromatic rings. The van der Waals surface area contributed by atoms with E-state index in [1.165, 1.54) is 7.11 Å². The van der Waals surface area contributed by atoms with Crippen LogP contribution in [0.15, 0.2) is 61.2 Å². The van der Waals surface area contributed by atoms with Crippen molar-refractivity contribution in [1.29, 1.82) is 0 Å². The molecule has 0 aliphatic carbocycles. The molecule has 2 rings (SSSR count). The highest BCUT2D eigenvalue weighted by Gasteiger charge is 2.09. The molecule has 0 bridgehead atoms. The van der Waals surface area contributed by atoms with Crippen LogP contribution < -0.4 is 0 Å². The Balaban J connectivity index is 2.22. The molecule has 0 amide bonds. The highest BCUT2D eigenvalue weighted by atomic mass is 79.9. The van der Waals surface area contributed by atoms with Gasteiger partial charge in [-0.15, -0.1) is 0 Å². The van der Waals surface area contributed by atoms with Crippen molar-refractivity contribution in [3.63, 3.8) is 0 Å². The average molecular weight is 402 g/mol. The van der Waals surface area contributed by atoms with Crippen LogP contribution in [0.25, 0.3) is 0 Å². The number of carbonyl (C=O) groups is 1. The topological polar surface area (TPSA) is 26.3 Å². The minimum Gasteiger partial charge on any atom is -0.465 e. The number of rotatable bonds is 3. The molecule has 0 unspecified atom stereocenters. The fourth-order valence-corrected chi connectivity index (χ4v) is 3.16. The molecule has 0 fully saturated rings. The summed E-state index contributed by atoms with van der Waals surface area (Å²) in [4.78, 5) is 13.6. The summed E-state index contributed by atoms with van der Waals surface area (Å²) in [5.41, 5.74) is 0.537. The lowest BCUT2D eigenvalue weighted by molar-refractivity contribution is 0.0600. The Morgan fingerprint density at radius 1 is 1.11 bits per heavy atom. The fourth-order valence-electron chi connectivity index (χ4n) is 1.46. The molecular weight excluding hydrogens is 392 g/mol. The summed E-state index contributed by atoms with van der Waals surface area (Å²) in [7, 11) is 1.38. The molecule has 0 heterocycles. The van der Waals surface area contributed by atoms with Gasteiger partial charge in [-0.1, -0.05) is 27.7 Å². The molecule has 0 saturated carbocycles. The molecule has 0 spiro atoms. The molecule has 19 heavy (non-hydrogen) atoms. The predicted molar refractivity (Wildman–Crippen MR) is 83.7 cm³/mol. The van der Waals surface area contributed by atoms with Crippen LogP contribution in [0.5, 0.6) is 0 Å². The Morgan fingerprint density at radius 2 is 1.79 bits per heavy atom. The lowest BCUT2D eigenvalue weighted by Gasteiger charge is -2.06. The molecule has 0 N–H and O–H groups in total. The summed E-state index contributed by atoms with van der Waals surface area (Å²) < 4.78 is 6.62. The Kier molecular flexibility index (Phi) is 5.07. The van der Waals surface area contributed by atoms with E-state index in [2.05, 4.69) is 31.9 Å². The number of carbonyl (C=O) groups excluding carboxylic acids is 1. The molecule has 0 aliphatic rings. The molecular formula is C14H10Br2O2S. The second-order valence-corrected chi connectivity index (χ2v) is 6.58. The van der Waals surface area contributed by atoms with Gasteiger partial charge in [0, 0.05) is 18.7 Å². The van der Waals surface area contributed by atoms with E-state index in [0.717, 1.165) is 18.7 Å². The Labute approximate surface area is 132 Å². The van der Waals surface area contributed by atoms with Crippen LogP contribution in [-0.2, 0) is 4.74 Å². The van der Waals surface area contributed by atoms with E-state index in [1.807, 2.05) is 30.3 Å². The van der Waals surface area contributed by atoms with Gasteiger partial charge in [-0.25, -0.2) is 4.79 Å². The zero-order valence-corrected chi connectivity index (χ0v) is 14.0. The number of hydrogen-bond donors (Lipinski definition) is 0. The Morgan fingerprint density at radius 3 is 2.37 bits per heavy atom. The molecule has 0 radical (unpaired) electrons. The first-order chi connectivity index (χ1) is 9.10. The van der Waals surface area contributed by atoms with Gasteiger partial charge in [0.1, 0.15) is 0 Å². The van der Waals surface area contributed by atoms with E-state index in [0.29, 0.717) is 5.56 Å². The van der Waals surface area contributed by atoms with Crippen LogP contribution in [0.1, 0.15) is 10.4 Å². The molecule has 2 aromatic carbocycles. The van der Waals surface area contributed by atoms with Crippen molar-refractivity contribution in [2.24, 2.45) is 0 Å². The van der Waals surface area contributed by atoms with E-state index in [1.54, 1.807) is 23.9 Å². The highest BCUT2D eigenvalue weighted by Crippen LogP contribution is 2.34.